The molecule has 0 atom stereocenters. The van der Waals surface area contributed by atoms with Gasteiger partial charge in [0.05, 0.1) is 0 Å². The number of para-hydroxylation sites is 1. The second-order valence-corrected chi connectivity index (χ2v) is 6.04. The van der Waals surface area contributed by atoms with Gasteiger partial charge < -0.3 is 5.32 Å². The molecule has 0 aliphatic rings. The Kier molecular flexibility index (Phi) is 4.35. The van der Waals surface area contributed by atoms with E-state index in [1.54, 1.807) is 4.68 Å². The highest BCUT2D eigenvalue weighted by molar-refractivity contribution is 7.71. The molecule has 124 valence electrons. The van der Waals surface area contributed by atoms with Crippen LogP contribution >= 0.6 is 12.2 Å². The molecule has 1 amide bonds. The van der Waals surface area contributed by atoms with E-state index in [2.05, 4.69) is 10.4 Å². The molecule has 3 rings (SSSR count). The first-order valence-electron chi connectivity index (χ1n) is 7.63. The minimum absolute atomic E-state index is 0.0711. The van der Waals surface area contributed by atoms with Crippen molar-refractivity contribution in [3.05, 3.63) is 64.4 Å². The van der Waals surface area contributed by atoms with Gasteiger partial charge in [0.15, 0.2) is 0 Å². The summed E-state index contributed by atoms with van der Waals surface area (Å²) in [6.45, 7) is 5.87. The number of anilines is 1. The van der Waals surface area contributed by atoms with Crippen LogP contribution in [-0.2, 0) is 11.3 Å². The predicted molar refractivity (Wildman–Crippen MR) is 95.6 cm³/mol. The van der Waals surface area contributed by atoms with Crippen LogP contribution in [0.5, 0.6) is 0 Å². The van der Waals surface area contributed by atoms with E-state index >= 15 is 0 Å². The number of nitrogens with one attached hydrogen (secondary N) is 1. The second-order valence-electron chi connectivity index (χ2n) is 5.68. The maximum absolute atomic E-state index is 12.4. The molecule has 24 heavy (non-hydrogen) atoms. The van der Waals surface area contributed by atoms with Crippen LogP contribution in [0, 0.1) is 25.5 Å². The van der Waals surface area contributed by atoms with E-state index < -0.39 is 0 Å². The van der Waals surface area contributed by atoms with Gasteiger partial charge in [0.1, 0.15) is 12.4 Å². The molecule has 6 nitrogen and oxygen atoms in total. The molecule has 0 aliphatic heterocycles. The van der Waals surface area contributed by atoms with E-state index in [9.17, 15) is 4.79 Å². The Morgan fingerprint density at radius 2 is 1.75 bits per heavy atom. The summed E-state index contributed by atoms with van der Waals surface area (Å²) < 4.78 is 5.63. The van der Waals surface area contributed by atoms with E-state index in [4.69, 9.17) is 12.2 Å². The number of aromatic nitrogens is 4. The quantitative estimate of drug-likeness (QED) is 0.742. The fourth-order valence-electron chi connectivity index (χ4n) is 2.66. The number of rotatable bonds is 4. The summed E-state index contributed by atoms with van der Waals surface area (Å²) in [5.74, 6) is 0.566. The number of benzene rings is 1. The summed E-state index contributed by atoms with van der Waals surface area (Å²) in [4.78, 5) is 12.4. The van der Waals surface area contributed by atoms with E-state index in [1.807, 2.05) is 68.2 Å². The molecule has 2 heterocycles. The first kappa shape index (κ1) is 16.2. The second kappa shape index (κ2) is 6.45. The van der Waals surface area contributed by atoms with Crippen molar-refractivity contribution < 1.29 is 4.79 Å². The molecule has 0 fully saturated rings. The Bertz CT molecular complexity index is 916. The van der Waals surface area contributed by atoms with Gasteiger partial charge in [-0.05, 0) is 56.2 Å². The Morgan fingerprint density at radius 1 is 1.12 bits per heavy atom. The Labute approximate surface area is 145 Å². The van der Waals surface area contributed by atoms with Crippen molar-refractivity contribution in [1.29, 1.82) is 0 Å². The van der Waals surface area contributed by atoms with Crippen LogP contribution in [-0.4, -0.2) is 25.0 Å². The highest BCUT2D eigenvalue weighted by Gasteiger charge is 2.13. The van der Waals surface area contributed by atoms with Crippen molar-refractivity contribution in [3.8, 4) is 0 Å². The molecule has 0 aliphatic carbocycles. The molecule has 1 aromatic carbocycles. The van der Waals surface area contributed by atoms with Crippen LogP contribution in [0.4, 0.5) is 5.69 Å². The maximum atomic E-state index is 12.4. The first-order chi connectivity index (χ1) is 11.5. The summed E-state index contributed by atoms with van der Waals surface area (Å²) in [6, 6.07) is 9.73. The molecular weight excluding hydrogens is 322 g/mol. The number of carbonyl (C=O) groups excluding carboxylic acids is 1. The number of amides is 1. The zero-order chi connectivity index (χ0) is 17.3. The molecule has 0 unspecified atom stereocenters. The zero-order valence-corrected chi connectivity index (χ0v) is 14.7. The molecule has 0 saturated heterocycles. The zero-order valence-electron chi connectivity index (χ0n) is 13.9. The topological polar surface area (TPSA) is 56.8 Å². The molecule has 3 aromatic rings. The summed E-state index contributed by atoms with van der Waals surface area (Å²) in [7, 11) is 0. The van der Waals surface area contributed by atoms with Crippen molar-refractivity contribution in [2.24, 2.45) is 0 Å². The lowest BCUT2D eigenvalue weighted by Gasteiger charge is -2.11. The first-order valence-corrected chi connectivity index (χ1v) is 8.04. The average Bonchev–Trinajstić information content (AvgIpc) is 3.12. The number of nitrogens with zero attached hydrogens (tertiary/aromatic N) is 4. The summed E-state index contributed by atoms with van der Waals surface area (Å²) in [6.07, 6.45) is 3.76. The lowest BCUT2D eigenvalue weighted by Crippen LogP contribution is -2.21. The van der Waals surface area contributed by atoms with E-state index in [0.717, 1.165) is 22.6 Å². The normalized spacial score (nSPS) is 10.8. The SMILES string of the molecule is Cc1cccc(C)c1NC(=O)Cn1nc(C)n(-n2cccc2)c1=S. The van der Waals surface area contributed by atoms with E-state index in [0.29, 0.717) is 4.77 Å². The number of hydrogen-bond donors (Lipinski definition) is 1. The van der Waals surface area contributed by atoms with Crippen LogP contribution in [0.3, 0.4) is 0 Å². The number of aryl methyl sites for hydroxylation is 3. The maximum Gasteiger partial charge on any atom is 0.246 e. The van der Waals surface area contributed by atoms with Gasteiger partial charge in [0.25, 0.3) is 0 Å². The molecule has 0 radical (unpaired) electrons. The standard InChI is InChI=1S/C17H19N5OS/c1-12-7-6-8-13(2)16(12)18-15(23)11-21-17(24)22(14(3)19-21)20-9-4-5-10-20/h4-10H,11H2,1-3H3,(H,18,23). The Morgan fingerprint density at radius 3 is 2.38 bits per heavy atom. The Hall–Kier alpha value is -2.67. The molecule has 0 saturated carbocycles. The highest BCUT2D eigenvalue weighted by atomic mass is 32.1. The van der Waals surface area contributed by atoms with Crippen molar-refractivity contribution in [1.82, 2.24) is 19.1 Å². The lowest BCUT2D eigenvalue weighted by molar-refractivity contribution is -0.116. The van der Waals surface area contributed by atoms with Gasteiger partial charge in [0.2, 0.25) is 10.7 Å². The monoisotopic (exact) mass is 341 g/mol. The third kappa shape index (κ3) is 3.03. The minimum Gasteiger partial charge on any atom is -0.324 e. The summed E-state index contributed by atoms with van der Waals surface area (Å²) >= 11 is 5.46. The predicted octanol–water partition coefficient (Wildman–Crippen LogP) is 3.09. The number of hydrogen-bond acceptors (Lipinski definition) is 3. The molecule has 0 bridgehead atoms. The Balaban J connectivity index is 1.83. The van der Waals surface area contributed by atoms with Crippen molar-refractivity contribution in [3.63, 3.8) is 0 Å². The third-order valence-corrected chi connectivity index (χ3v) is 4.22. The van der Waals surface area contributed by atoms with Gasteiger partial charge in [-0.15, -0.1) is 0 Å². The van der Waals surface area contributed by atoms with Gasteiger partial charge in [-0.2, -0.15) is 5.10 Å². The largest absolute Gasteiger partial charge is 0.324 e. The molecule has 1 N–H and O–H groups in total. The van der Waals surface area contributed by atoms with Gasteiger partial charge in [-0.1, -0.05) is 18.2 Å². The molecule has 0 spiro atoms. The molecule has 2 aromatic heterocycles. The van der Waals surface area contributed by atoms with Crippen molar-refractivity contribution >= 4 is 23.8 Å². The van der Waals surface area contributed by atoms with Crippen molar-refractivity contribution in [2.45, 2.75) is 27.3 Å². The van der Waals surface area contributed by atoms with Gasteiger partial charge in [-0.3, -0.25) is 9.47 Å². The van der Waals surface area contributed by atoms with Gasteiger partial charge in [-0.25, -0.2) is 9.36 Å². The van der Waals surface area contributed by atoms with Crippen LogP contribution in [0.25, 0.3) is 0 Å². The van der Waals surface area contributed by atoms with Gasteiger partial charge in [0, 0.05) is 18.1 Å². The smallest absolute Gasteiger partial charge is 0.246 e. The lowest BCUT2D eigenvalue weighted by atomic mass is 10.1. The third-order valence-electron chi connectivity index (χ3n) is 3.83. The average molecular weight is 341 g/mol. The fourth-order valence-corrected chi connectivity index (χ4v) is 2.99. The van der Waals surface area contributed by atoms with E-state index in [-0.39, 0.29) is 12.5 Å². The summed E-state index contributed by atoms with van der Waals surface area (Å²) in [5, 5.41) is 7.34. The molecular formula is C17H19N5OS. The minimum atomic E-state index is -0.152. The van der Waals surface area contributed by atoms with Crippen LogP contribution < -0.4 is 5.32 Å². The summed E-state index contributed by atoms with van der Waals surface area (Å²) in [5.41, 5.74) is 2.90. The van der Waals surface area contributed by atoms with E-state index in [1.165, 1.54) is 4.68 Å². The highest BCUT2D eigenvalue weighted by Crippen LogP contribution is 2.19. The van der Waals surface area contributed by atoms with Crippen molar-refractivity contribution in [2.75, 3.05) is 5.32 Å². The number of carbonyl (C=O) groups is 1. The van der Waals surface area contributed by atoms with Crippen LogP contribution in [0.2, 0.25) is 0 Å². The van der Waals surface area contributed by atoms with Crippen LogP contribution in [0.1, 0.15) is 17.0 Å². The fraction of sp³-hybridized carbons (Fsp3) is 0.235. The van der Waals surface area contributed by atoms with Gasteiger partial charge >= 0.3 is 0 Å². The molecule has 7 heteroatoms. The van der Waals surface area contributed by atoms with Crippen LogP contribution in [0.15, 0.2) is 42.7 Å².